The molecule has 0 bridgehead atoms. The Labute approximate surface area is 104 Å². The number of hydrogen-bond acceptors (Lipinski definition) is 5. The molecule has 0 aliphatic rings. The van der Waals surface area contributed by atoms with Crippen LogP contribution in [0.3, 0.4) is 0 Å². The topological polar surface area (TPSA) is 77.8 Å². The average molecular weight is 250 g/mol. The highest BCUT2D eigenvalue weighted by Gasteiger charge is 2.09. The highest BCUT2D eigenvalue weighted by molar-refractivity contribution is 5.47. The highest BCUT2D eigenvalue weighted by Crippen LogP contribution is 2.14. The number of pyridine rings is 1. The summed E-state index contributed by atoms with van der Waals surface area (Å²) in [7, 11) is 0. The van der Waals surface area contributed by atoms with E-state index in [0.717, 1.165) is 31.9 Å². The minimum Gasteiger partial charge on any atom is -0.339 e. The summed E-state index contributed by atoms with van der Waals surface area (Å²) in [5.74, 6) is 0.584. The average Bonchev–Trinajstić information content (AvgIpc) is 2.84. The summed E-state index contributed by atoms with van der Waals surface area (Å²) in [5, 5.41) is 3.82. The van der Waals surface area contributed by atoms with E-state index in [2.05, 4.69) is 15.1 Å². The van der Waals surface area contributed by atoms with E-state index in [1.54, 1.807) is 0 Å². The number of rotatable bonds is 6. The molecule has 2 aromatic heterocycles. The molecule has 2 N–H and O–H groups in total. The number of aromatic nitrogens is 3. The first kappa shape index (κ1) is 12.6. The number of hydrogen-bond donors (Lipinski definition) is 1. The van der Waals surface area contributed by atoms with Crippen molar-refractivity contribution in [1.29, 1.82) is 0 Å². The van der Waals surface area contributed by atoms with Crippen LogP contribution in [-0.2, 0) is 6.42 Å². The summed E-state index contributed by atoms with van der Waals surface area (Å²) < 4.78 is 17.8. The summed E-state index contributed by atoms with van der Waals surface area (Å²) in [6.07, 6.45) is 4.88. The molecule has 2 aromatic rings. The van der Waals surface area contributed by atoms with Gasteiger partial charge in [-0.25, -0.2) is 9.37 Å². The van der Waals surface area contributed by atoms with Gasteiger partial charge in [0.2, 0.25) is 11.7 Å². The van der Waals surface area contributed by atoms with Gasteiger partial charge in [0.1, 0.15) is 11.5 Å². The Balaban J connectivity index is 1.95. The van der Waals surface area contributed by atoms with Gasteiger partial charge in [0, 0.05) is 6.42 Å². The van der Waals surface area contributed by atoms with Crippen molar-refractivity contribution in [2.75, 3.05) is 6.54 Å². The van der Waals surface area contributed by atoms with Crippen LogP contribution in [0, 0.1) is 5.82 Å². The van der Waals surface area contributed by atoms with E-state index in [-0.39, 0.29) is 5.82 Å². The molecular weight excluding hydrogens is 235 g/mol. The number of aryl methyl sites for hydroxylation is 1. The summed E-state index contributed by atoms with van der Waals surface area (Å²) in [6.45, 7) is 0.703. The third-order valence-electron chi connectivity index (χ3n) is 2.52. The first-order valence-electron chi connectivity index (χ1n) is 5.94. The molecule has 0 unspecified atom stereocenters. The number of halogens is 1. The van der Waals surface area contributed by atoms with Gasteiger partial charge in [0.15, 0.2) is 0 Å². The standard InChI is InChI=1S/C12H15FN4O/c13-9-5-6-10(15-8-9)12-16-11(18-17-12)4-2-1-3-7-14/h5-6,8H,1-4,7,14H2. The third kappa shape index (κ3) is 3.33. The molecule has 6 heteroatoms. The molecule has 0 aromatic carbocycles. The second kappa shape index (κ2) is 6.20. The number of nitrogens with zero attached hydrogens (tertiary/aromatic N) is 3. The van der Waals surface area contributed by atoms with E-state index < -0.39 is 0 Å². The van der Waals surface area contributed by atoms with Crippen molar-refractivity contribution >= 4 is 0 Å². The van der Waals surface area contributed by atoms with Crippen LogP contribution in [0.5, 0.6) is 0 Å². The van der Waals surface area contributed by atoms with Crippen LogP contribution < -0.4 is 5.73 Å². The molecule has 0 aliphatic carbocycles. The molecule has 0 saturated carbocycles. The zero-order valence-corrected chi connectivity index (χ0v) is 9.97. The van der Waals surface area contributed by atoms with Crippen LogP contribution in [-0.4, -0.2) is 21.7 Å². The van der Waals surface area contributed by atoms with E-state index in [9.17, 15) is 4.39 Å². The van der Waals surface area contributed by atoms with E-state index in [0.29, 0.717) is 24.0 Å². The summed E-state index contributed by atoms with van der Waals surface area (Å²) >= 11 is 0. The van der Waals surface area contributed by atoms with E-state index in [4.69, 9.17) is 10.3 Å². The Morgan fingerprint density at radius 3 is 2.83 bits per heavy atom. The van der Waals surface area contributed by atoms with Gasteiger partial charge in [0.05, 0.1) is 6.20 Å². The van der Waals surface area contributed by atoms with Crippen LogP contribution in [0.4, 0.5) is 4.39 Å². The monoisotopic (exact) mass is 250 g/mol. The van der Waals surface area contributed by atoms with Crippen molar-refractivity contribution in [3.63, 3.8) is 0 Å². The molecule has 5 nitrogen and oxygen atoms in total. The van der Waals surface area contributed by atoms with E-state index >= 15 is 0 Å². The van der Waals surface area contributed by atoms with Crippen LogP contribution in [0.15, 0.2) is 22.9 Å². The van der Waals surface area contributed by atoms with Crippen molar-refractivity contribution in [3.8, 4) is 11.5 Å². The Morgan fingerprint density at radius 2 is 2.11 bits per heavy atom. The fraction of sp³-hybridized carbons (Fsp3) is 0.417. The molecule has 96 valence electrons. The second-order valence-electron chi connectivity index (χ2n) is 3.97. The van der Waals surface area contributed by atoms with E-state index in [1.807, 2.05) is 0 Å². The Morgan fingerprint density at radius 1 is 1.22 bits per heavy atom. The summed E-state index contributed by atoms with van der Waals surface area (Å²) in [4.78, 5) is 8.11. The minimum atomic E-state index is -0.385. The maximum Gasteiger partial charge on any atom is 0.227 e. The fourth-order valence-corrected chi connectivity index (χ4v) is 1.57. The molecule has 0 saturated heterocycles. The summed E-state index contributed by atoms with van der Waals surface area (Å²) in [6, 6.07) is 2.85. The molecule has 18 heavy (non-hydrogen) atoms. The first-order chi connectivity index (χ1) is 8.79. The van der Waals surface area contributed by atoms with Crippen molar-refractivity contribution in [2.24, 2.45) is 5.73 Å². The van der Waals surface area contributed by atoms with Gasteiger partial charge < -0.3 is 10.3 Å². The SMILES string of the molecule is NCCCCCc1nc(-c2ccc(F)cn2)no1. The Bertz CT molecular complexity index is 483. The lowest BCUT2D eigenvalue weighted by atomic mass is 10.2. The number of nitrogens with two attached hydrogens (primary N) is 1. The Kier molecular flexibility index (Phi) is 4.35. The van der Waals surface area contributed by atoms with Gasteiger partial charge in [-0.1, -0.05) is 11.6 Å². The smallest absolute Gasteiger partial charge is 0.227 e. The molecule has 0 spiro atoms. The molecule has 0 radical (unpaired) electrons. The van der Waals surface area contributed by atoms with Gasteiger partial charge in [-0.05, 0) is 31.5 Å². The number of unbranched alkanes of at least 4 members (excludes halogenated alkanes) is 2. The molecule has 0 fully saturated rings. The van der Waals surface area contributed by atoms with Gasteiger partial charge in [-0.15, -0.1) is 0 Å². The lowest BCUT2D eigenvalue weighted by Gasteiger charge is -1.94. The van der Waals surface area contributed by atoms with Gasteiger partial charge in [0.25, 0.3) is 0 Å². The Hall–Kier alpha value is -1.82. The first-order valence-corrected chi connectivity index (χ1v) is 5.94. The van der Waals surface area contributed by atoms with Crippen molar-refractivity contribution in [2.45, 2.75) is 25.7 Å². The minimum absolute atomic E-state index is 0.385. The summed E-state index contributed by atoms with van der Waals surface area (Å²) in [5.41, 5.74) is 5.92. The predicted molar refractivity (Wildman–Crippen MR) is 64.1 cm³/mol. The fourth-order valence-electron chi connectivity index (χ4n) is 1.57. The van der Waals surface area contributed by atoms with Crippen LogP contribution in [0.25, 0.3) is 11.5 Å². The third-order valence-corrected chi connectivity index (χ3v) is 2.52. The van der Waals surface area contributed by atoms with Gasteiger partial charge >= 0.3 is 0 Å². The molecule has 0 aliphatic heterocycles. The molecule has 2 heterocycles. The highest BCUT2D eigenvalue weighted by atomic mass is 19.1. The molecule has 0 amide bonds. The maximum atomic E-state index is 12.7. The molecular formula is C12H15FN4O. The molecule has 0 atom stereocenters. The lowest BCUT2D eigenvalue weighted by molar-refractivity contribution is 0.374. The largest absolute Gasteiger partial charge is 0.339 e. The lowest BCUT2D eigenvalue weighted by Crippen LogP contribution is -1.98. The second-order valence-corrected chi connectivity index (χ2v) is 3.97. The van der Waals surface area contributed by atoms with Crippen LogP contribution >= 0.6 is 0 Å². The van der Waals surface area contributed by atoms with Gasteiger partial charge in [-0.3, -0.25) is 0 Å². The van der Waals surface area contributed by atoms with Crippen LogP contribution in [0.1, 0.15) is 25.2 Å². The normalized spacial score (nSPS) is 10.8. The van der Waals surface area contributed by atoms with Gasteiger partial charge in [-0.2, -0.15) is 4.98 Å². The van der Waals surface area contributed by atoms with Crippen molar-refractivity contribution in [1.82, 2.24) is 15.1 Å². The zero-order valence-electron chi connectivity index (χ0n) is 9.97. The maximum absolute atomic E-state index is 12.7. The van der Waals surface area contributed by atoms with E-state index in [1.165, 1.54) is 12.1 Å². The van der Waals surface area contributed by atoms with Crippen molar-refractivity contribution in [3.05, 3.63) is 30.0 Å². The van der Waals surface area contributed by atoms with Crippen molar-refractivity contribution < 1.29 is 8.91 Å². The predicted octanol–water partition coefficient (Wildman–Crippen LogP) is 1.94. The zero-order chi connectivity index (χ0) is 12.8. The quantitative estimate of drug-likeness (QED) is 0.793. The van der Waals surface area contributed by atoms with Crippen LogP contribution in [0.2, 0.25) is 0 Å². The molecule has 2 rings (SSSR count).